The van der Waals surface area contributed by atoms with Crippen LogP contribution in [0.2, 0.25) is 0 Å². The highest BCUT2D eigenvalue weighted by Gasteiger charge is 2.08. The molecule has 0 saturated carbocycles. The molecular formula is C16H12N2O3. The number of nitrogens with zero attached hydrogens (tertiary/aromatic N) is 2. The van der Waals surface area contributed by atoms with Crippen LogP contribution in [-0.4, -0.2) is 10.7 Å². The second-order valence-corrected chi connectivity index (χ2v) is 4.54. The number of Topliss-reactive ketones (excluding diaryl/α,β-unsaturated/α-hetero) is 1. The van der Waals surface area contributed by atoms with E-state index >= 15 is 0 Å². The predicted molar refractivity (Wildman–Crippen MR) is 76.9 cm³/mol. The van der Waals surface area contributed by atoms with E-state index in [1.807, 2.05) is 6.07 Å². The largest absolute Gasteiger partial charge is 0.294 e. The maximum absolute atomic E-state index is 12.0. The van der Waals surface area contributed by atoms with Crippen molar-refractivity contribution < 1.29 is 9.72 Å². The number of carbonyl (C=O) groups excluding carboxylic acids is 1. The normalized spacial score (nSPS) is 9.86. The van der Waals surface area contributed by atoms with Crippen LogP contribution in [0, 0.1) is 21.4 Å². The Balaban J connectivity index is 2.00. The number of ketones is 1. The summed E-state index contributed by atoms with van der Waals surface area (Å²) in [7, 11) is 0. The molecule has 0 atom stereocenters. The summed E-state index contributed by atoms with van der Waals surface area (Å²) in [5.74, 6) is -0.0505. The fraction of sp³-hybridized carbons (Fsp3) is 0.125. The van der Waals surface area contributed by atoms with E-state index in [9.17, 15) is 14.9 Å². The van der Waals surface area contributed by atoms with E-state index in [0.717, 1.165) is 5.56 Å². The highest BCUT2D eigenvalue weighted by molar-refractivity contribution is 5.96. The zero-order chi connectivity index (χ0) is 15.2. The number of nitro benzene ring substituents is 1. The Morgan fingerprint density at radius 3 is 2.52 bits per heavy atom. The summed E-state index contributed by atoms with van der Waals surface area (Å²) in [6, 6.07) is 14.7. The smallest absolute Gasteiger partial charge is 0.269 e. The van der Waals surface area contributed by atoms with Crippen molar-refractivity contribution in [2.45, 2.75) is 12.8 Å². The molecule has 0 aromatic heterocycles. The van der Waals surface area contributed by atoms with Crippen molar-refractivity contribution >= 4 is 11.5 Å². The molecule has 0 aliphatic rings. The SMILES string of the molecule is N#Cc1cccc(C(=O)CCc2ccc([N+](=O)[O-])cc2)c1. The Kier molecular flexibility index (Phi) is 4.42. The van der Waals surface area contributed by atoms with E-state index in [0.29, 0.717) is 24.0 Å². The van der Waals surface area contributed by atoms with Gasteiger partial charge in [-0.15, -0.1) is 0 Å². The molecule has 2 rings (SSSR count). The van der Waals surface area contributed by atoms with Crippen LogP contribution in [0.3, 0.4) is 0 Å². The van der Waals surface area contributed by atoms with Gasteiger partial charge in [0.25, 0.3) is 5.69 Å². The van der Waals surface area contributed by atoms with Crippen LogP contribution >= 0.6 is 0 Å². The zero-order valence-electron chi connectivity index (χ0n) is 11.2. The van der Waals surface area contributed by atoms with Gasteiger partial charge in [0, 0.05) is 24.1 Å². The molecule has 21 heavy (non-hydrogen) atoms. The molecule has 5 nitrogen and oxygen atoms in total. The molecule has 5 heteroatoms. The number of non-ortho nitro benzene ring substituents is 1. The number of benzene rings is 2. The average molecular weight is 280 g/mol. The lowest BCUT2D eigenvalue weighted by Crippen LogP contribution is -2.01. The summed E-state index contributed by atoms with van der Waals surface area (Å²) >= 11 is 0. The first kappa shape index (κ1) is 14.4. The van der Waals surface area contributed by atoms with Crippen molar-refractivity contribution in [3.63, 3.8) is 0 Å². The molecule has 0 aliphatic carbocycles. The van der Waals surface area contributed by atoms with Crippen molar-refractivity contribution in [1.29, 1.82) is 5.26 Å². The topological polar surface area (TPSA) is 84.0 Å². The number of carbonyl (C=O) groups is 1. The molecule has 0 unspecified atom stereocenters. The number of nitro groups is 1. The van der Waals surface area contributed by atoms with E-state index in [-0.39, 0.29) is 11.5 Å². The quantitative estimate of drug-likeness (QED) is 0.478. The molecule has 0 fully saturated rings. The molecule has 0 aliphatic heterocycles. The number of hydrogen-bond acceptors (Lipinski definition) is 4. The van der Waals surface area contributed by atoms with E-state index in [1.54, 1.807) is 36.4 Å². The van der Waals surface area contributed by atoms with Gasteiger partial charge in [0.2, 0.25) is 0 Å². The van der Waals surface area contributed by atoms with E-state index in [4.69, 9.17) is 5.26 Å². The first-order valence-corrected chi connectivity index (χ1v) is 6.37. The monoisotopic (exact) mass is 280 g/mol. The molecule has 0 spiro atoms. The van der Waals surface area contributed by atoms with Crippen LogP contribution in [-0.2, 0) is 6.42 Å². The molecule has 2 aromatic rings. The first-order valence-electron chi connectivity index (χ1n) is 6.37. The van der Waals surface area contributed by atoms with Gasteiger partial charge in [-0.3, -0.25) is 14.9 Å². The molecule has 0 heterocycles. The third kappa shape index (κ3) is 3.74. The van der Waals surface area contributed by atoms with E-state index < -0.39 is 4.92 Å². The van der Waals surface area contributed by atoms with Crippen LogP contribution in [0.15, 0.2) is 48.5 Å². The summed E-state index contributed by atoms with van der Waals surface area (Å²) < 4.78 is 0. The lowest BCUT2D eigenvalue weighted by Gasteiger charge is -2.02. The number of rotatable bonds is 5. The lowest BCUT2D eigenvalue weighted by molar-refractivity contribution is -0.384. The van der Waals surface area contributed by atoms with Crippen LogP contribution in [0.5, 0.6) is 0 Å². The van der Waals surface area contributed by atoms with Gasteiger partial charge >= 0.3 is 0 Å². The van der Waals surface area contributed by atoms with Crippen molar-refractivity contribution in [2.75, 3.05) is 0 Å². The second kappa shape index (κ2) is 6.44. The molecule has 104 valence electrons. The van der Waals surface area contributed by atoms with Crippen LogP contribution < -0.4 is 0 Å². The van der Waals surface area contributed by atoms with Gasteiger partial charge in [0.1, 0.15) is 0 Å². The molecule has 2 aromatic carbocycles. The van der Waals surface area contributed by atoms with Crippen molar-refractivity contribution in [2.24, 2.45) is 0 Å². The van der Waals surface area contributed by atoms with Crippen LogP contribution in [0.25, 0.3) is 0 Å². The molecule has 0 saturated heterocycles. The van der Waals surface area contributed by atoms with Crippen LogP contribution in [0.4, 0.5) is 5.69 Å². The molecule has 0 bridgehead atoms. The zero-order valence-corrected chi connectivity index (χ0v) is 11.2. The maximum Gasteiger partial charge on any atom is 0.269 e. The molecule has 0 amide bonds. The minimum atomic E-state index is -0.456. The van der Waals surface area contributed by atoms with Gasteiger partial charge in [-0.25, -0.2) is 0 Å². The Hall–Kier alpha value is -3.00. The average Bonchev–Trinajstić information content (AvgIpc) is 2.53. The van der Waals surface area contributed by atoms with Crippen molar-refractivity contribution in [1.82, 2.24) is 0 Å². The van der Waals surface area contributed by atoms with Gasteiger partial charge in [0.05, 0.1) is 16.6 Å². The van der Waals surface area contributed by atoms with Gasteiger partial charge < -0.3 is 0 Å². The first-order chi connectivity index (χ1) is 10.1. The fourth-order valence-electron chi connectivity index (χ4n) is 1.95. The lowest BCUT2D eigenvalue weighted by atomic mass is 10.0. The standard InChI is InChI=1S/C16H12N2O3/c17-11-13-2-1-3-14(10-13)16(19)9-6-12-4-7-15(8-5-12)18(20)21/h1-5,7-8,10H,6,9H2. The van der Waals surface area contributed by atoms with Crippen molar-refractivity contribution in [3.8, 4) is 6.07 Å². The Labute approximate surface area is 121 Å². The van der Waals surface area contributed by atoms with Crippen molar-refractivity contribution in [3.05, 3.63) is 75.3 Å². The summed E-state index contributed by atoms with van der Waals surface area (Å²) in [5, 5.41) is 19.4. The van der Waals surface area contributed by atoms with Gasteiger partial charge in [-0.1, -0.05) is 24.3 Å². The number of hydrogen-bond donors (Lipinski definition) is 0. The van der Waals surface area contributed by atoms with Gasteiger partial charge in [0.15, 0.2) is 5.78 Å². The predicted octanol–water partition coefficient (Wildman–Crippen LogP) is 3.28. The maximum atomic E-state index is 12.0. The fourth-order valence-corrected chi connectivity index (χ4v) is 1.95. The third-order valence-corrected chi connectivity index (χ3v) is 3.10. The molecule has 0 radical (unpaired) electrons. The highest BCUT2D eigenvalue weighted by Crippen LogP contribution is 2.14. The third-order valence-electron chi connectivity index (χ3n) is 3.10. The summed E-state index contributed by atoms with van der Waals surface area (Å²) in [5.41, 5.74) is 1.87. The van der Waals surface area contributed by atoms with Gasteiger partial charge in [-0.2, -0.15) is 5.26 Å². The minimum absolute atomic E-state index is 0.0341. The Morgan fingerprint density at radius 1 is 1.19 bits per heavy atom. The highest BCUT2D eigenvalue weighted by atomic mass is 16.6. The van der Waals surface area contributed by atoms with E-state index in [2.05, 4.69) is 0 Å². The molecule has 0 N–H and O–H groups in total. The van der Waals surface area contributed by atoms with E-state index in [1.165, 1.54) is 12.1 Å². The Morgan fingerprint density at radius 2 is 1.90 bits per heavy atom. The summed E-state index contributed by atoms with van der Waals surface area (Å²) in [6.07, 6.45) is 0.806. The Bertz CT molecular complexity index is 715. The van der Waals surface area contributed by atoms with Gasteiger partial charge in [-0.05, 0) is 24.1 Å². The molecular weight excluding hydrogens is 268 g/mol. The summed E-state index contributed by atoms with van der Waals surface area (Å²) in [6.45, 7) is 0. The minimum Gasteiger partial charge on any atom is -0.294 e. The number of nitriles is 1. The van der Waals surface area contributed by atoms with Crippen LogP contribution in [0.1, 0.15) is 27.9 Å². The number of aryl methyl sites for hydroxylation is 1. The second-order valence-electron chi connectivity index (χ2n) is 4.54. The summed E-state index contributed by atoms with van der Waals surface area (Å²) in [4.78, 5) is 22.1.